The molecule has 0 spiro atoms. The van der Waals surface area contributed by atoms with E-state index in [2.05, 4.69) is 32.0 Å². The first-order valence-corrected chi connectivity index (χ1v) is 5.81. The molecule has 1 fully saturated rings. The van der Waals surface area contributed by atoms with Gasteiger partial charge < -0.3 is 0 Å². The summed E-state index contributed by atoms with van der Waals surface area (Å²) in [6.45, 7) is 4.34. The summed E-state index contributed by atoms with van der Waals surface area (Å²) in [6.07, 6.45) is 3.60. The van der Waals surface area contributed by atoms with E-state index in [9.17, 15) is 0 Å². The third kappa shape index (κ3) is 2.12. The Hall–Kier alpha value is -0.490. The van der Waals surface area contributed by atoms with Gasteiger partial charge in [-0.1, -0.05) is 29.3 Å². The predicted molar refractivity (Wildman–Crippen MR) is 62.1 cm³/mol. The molecule has 1 aromatic rings. The minimum absolute atomic E-state index is 0.404. The maximum atomic E-state index is 6.14. The van der Waals surface area contributed by atoms with Crippen LogP contribution in [-0.2, 0) is 0 Å². The van der Waals surface area contributed by atoms with Gasteiger partial charge in [0.05, 0.1) is 0 Å². The molecule has 14 heavy (non-hydrogen) atoms. The third-order valence-electron chi connectivity index (χ3n) is 3.08. The minimum atomic E-state index is 0.404. The molecule has 0 amide bonds. The lowest BCUT2D eigenvalue weighted by Gasteiger charge is -2.11. The second-order valence-corrected chi connectivity index (χ2v) is 5.15. The summed E-state index contributed by atoms with van der Waals surface area (Å²) in [4.78, 5) is 0. The Labute approximate surface area is 91.3 Å². The maximum Gasteiger partial charge on any atom is 0.0342 e. The highest BCUT2D eigenvalue weighted by Gasteiger charge is 2.24. The number of hydrogen-bond donors (Lipinski definition) is 0. The molecule has 0 N–H and O–H groups in total. The Morgan fingerprint density at radius 2 is 1.71 bits per heavy atom. The Kier molecular flexibility index (Phi) is 2.83. The average molecular weight is 209 g/mol. The molecule has 0 aliphatic heterocycles. The smallest absolute Gasteiger partial charge is 0.0342 e. The fraction of sp³-hybridized carbons (Fsp3) is 0.538. The van der Waals surface area contributed by atoms with Gasteiger partial charge in [0.2, 0.25) is 0 Å². The Bertz CT molecular complexity index is 310. The van der Waals surface area contributed by atoms with Gasteiger partial charge in [0.25, 0.3) is 0 Å². The van der Waals surface area contributed by atoms with Gasteiger partial charge in [0.15, 0.2) is 0 Å². The molecule has 2 atom stereocenters. The van der Waals surface area contributed by atoms with E-state index in [1.807, 2.05) is 0 Å². The van der Waals surface area contributed by atoms with E-state index in [0.717, 1.165) is 6.42 Å². The number of hydrogen-bond acceptors (Lipinski definition) is 0. The Morgan fingerprint density at radius 3 is 2.21 bits per heavy atom. The lowest BCUT2D eigenvalue weighted by molar-refractivity contribution is 0.722. The van der Waals surface area contributed by atoms with Gasteiger partial charge in [-0.15, -0.1) is 11.6 Å². The monoisotopic (exact) mass is 208 g/mol. The van der Waals surface area contributed by atoms with Crippen molar-refractivity contribution < 1.29 is 0 Å². The summed E-state index contributed by atoms with van der Waals surface area (Å²) in [5.74, 6) is 0.705. The lowest BCUT2D eigenvalue weighted by Crippen LogP contribution is -1.95. The Morgan fingerprint density at radius 1 is 1.07 bits per heavy atom. The van der Waals surface area contributed by atoms with Crippen molar-refractivity contribution in [3.05, 3.63) is 34.9 Å². The molecule has 1 aliphatic carbocycles. The fourth-order valence-corrected chi connectivity index (χ4v) is 2.82. The number of aryl methyl sites for hydroxylation is 2. The number of rotatable bonds is 1. The summed E-state index contributed by atoms with van der Waals surface area (Å²) in [6, 6.07) is 6.86. The first-order chi connectivity index (χ1) is 6.65. The third-order valence-corrected chi connectivity index (χ3v) is 3.48. The summed E-state index contributed by atoms with van der Waals surface area (Å²) >= 11 is 6.14. The van der Waals surface area contributed by atoms with E-state index in [1.165, 1.54) is 29.5 Å². The van der Waals surface area contributed by atoms with Crippen molar-refractivity contribution in [3.8, 4) is 0 Å². The summed E-state index contributed by atoms with van der Waals surface area (Å²) in [5, 5.41) is 0.404. The van der Waals surface area contributed by atoms with Gasteiger partial charge in [-0.05, 0) is 44.6 Å². The van der Waals surface area contributed by atoms with Crippen molar-refractivity contribution in [3.63, 3.8) is 0 Å². The SMILES string of the molecule is Cc1cc(C)cc(C2CCC(Cl)C2)c1. The van der Waals surface area contributed by atoms with Crippen LogP contribution in [0.4, 0.5) is 0 Å². The van der Waals surface area contributed by atoms with Crippen LogP contribution in [0.5, 0.6) is 0 Å². The minimum Gasteiger partial charge on any atom is -0.123 e. The van der Waals surface area contributed by atoms with Gasteiger partial charge in [0.1, 0.15) is 0 Å². The zero-order chi connectivity index (χ0) is 10.1. The average Bonchev–Trinajstić information content (AvgIpc) is 2.50. The largest absolute Gasteiger partial charge is 0.123 e. The van der Waals surface area contributed by atoms with E-state index in [1.54, 1.807) is 0 Å². The number of alkyl halides is 1. The molecule has 0 aromatic heterocycles. The van der Waals surface area contributed by atoms with Gasteiger partial charge in [0, 0.05) is 5.38 Å². The van der Waals surface area contributed by atoms with Crippen molar-refractivity contribution in [1.82, 2.24) is 0 Å². The molecular weight excluding hydrogens is 192 g/mol. The van der Waals surface area contributed by atoms with Crippen molar-refractivity contribution in [1.29, 1.82) is 0 Å². The van der Waals surface area contributed by atoms with E-state index in [4.69, 9.17) is 11.6 Å². The van der Waals surface area contributed by atoms with Crippen LogP contribution >= 0.6 is 11.6 Å². The van der Waals surface area contributed by atoms with Crippen LogP contribution in [0.25, 0.3) is 0 Å². The predicted octanol–water partition coefficient (Wildman–Crippen LogP) is 4.18. The zero-order valence-corrected chi connectivity index (χ0v) is 9.64. The summed E-state index contributed by atoms with van der Waals surface area (Å²) in [5.41, 5.74) is 4.24. The highest BCUT2D eigenvalue weighted by atomic mass is 35.5. The molecule has 2 rings (SSSR count). The van der Waals surface area contributed by atoms with Crippen molar-refractivity contribution in [2.75, 3.05) is 0 Å². The van der Waals surface area contributed by atoms with E-state index >= 15 is 0 Å². The molecule has 0 radical (unpaired) electrons. The molecule has 1 aromatic carbocycles. The van der Waals surface area contributed by atoms with Crippen LogP contribution in [-0.4, -0.2) is 5.38 Å². The van der Waals surface area contributed by atoms with Crippen molar-refractivity contribution >= 4 is 11.6 Å². The van der Waals surface area contributed by atoms with Crippen molar-refractivity contribution in [2.45, 2.75) is 44.4 Å². The molecular formula is C13H17Cl. The number of halogens is 1. The fourth-order valence-electron chi connectivity index (χ4n) is 2.47. The molecule has 1 saturated carbocycles. The van der Waals surface area contributed by atoms with E-state index < -0.39 is 0 Å². The quantitative estimate of drug-likeness (QED) is 0.608. The molecule has 1 aliphatic rings. The van der Waals surface area contributed by atoms with Crippen molar-refractivity contribution in [2.24, 2.45) is 0 Å². The summed E-state index contributed by atoms with van der Waals surface area (Å²) in [7, 11) is 0. The second-order valence-electron chi connectivity index (χ2n) is 4.53. The second kappa shape index (κ2) is 3.94. The molecule has 0 bridgehead atoms. The lowest BCUT2D eigenvalue weighted by atomic mass is 9.94. The molecule has 0 heterocycles. The van der Waals surface area contributed by atoms with Crippen LogP contribution < -0.4 is 0 Å². The zero-order valence-electron chi connectivity index (χ0n) is 8.89. The first kappa shape index (κ1) is 10.0. The van der Waals surface area contributed by atoms with Crippen LogP contribution in [0.2, 0.25) is 0 Å². The molecule has 1 heteroatoms. The standard InChI is InChI=1S/C13H17Cl/c1-9-5-10(2)7-12(6-9)11-3-4-13(14)8-11/h5-7,11,13H,3-4,8H2,1-2H3. The van der Waals surface area contributed by atoms with Gasteiger partial charge in [-0.2, -0.15) is 0 Å². The van der Waals surface area contributed by atoms with Crippen LogP contribution in [0.1, 0.15) is 41.9 Å². The van der Waals surface area contributed by atoms with Gasteiger partial charge in [-0.3, -0.25) is 0 Å². The van der Waals surface area contributed by atoms with E-state index in [-0.39, 0.29) is 0 Å². The molecule has 0 nitrogen and oxygen atoms in total. The normalized spacial score (nSPS) is 26.8. The first-order valence-electron chi connectivity index (χ1n) is 5.37. The highest BCUT2D eigenvalue weighted by molar-refractivity contribution is 6.20. The molecule has 2 unspecified atom stereocenters. The van der Waals surface area contributed by atoms with Crippen LogP contribution in [0, 0.1) is 13.8 Å². The Balaban J connectivity index is 2.23. The van der Waals surface area contributed by atoms with Crippen LogP contribution in [0.15, 0.2) is 18.2 Å². The number of benzene rings is 1. The maximum absolute atomic E-state index is 6.14. The van der Waals surface area contributed by atoms with Crippen LogP contribution in [0.3, 0.4) is 0 Å². The summed E-state index contributed by atoms with van der Waals surface area (Å²) < 4.78 is 0. The molecule has 0 saturated heterocycles. The van der Waals surface area contributed by atoms with Gasteiger partial charge in [-0.25, -0.2) is 0 Å². The highest BCUT2D eigenvalue weighted by Crippen LogP contribution is 2.37. The molecule has 76 valence electrons. The topological polar surface area (TPSA) is 0 Å². The van der Waals surface area contributed by atoms with Gasteiger partial charge >= 0.3 is 0 Å². The van der Waals surface area contributed by atoms with E-state index in [0.29, 0.717) is 11.3 Å².